The molecule has 0 unspecified atom stereocenters. The van der Waals surface area contributed by atoms with Crippen LogP contribution in [0.15, 0.2) is 36.7 Å². The first-order valence-electron chi connectivity index (χ1n) is 6.42. The van der Waals surface area contributed by atoms with Gasteiger partial charge in [0.1, 0.15) is 18.0 Å². The number of anilines is 2. The van der Waals surface area contributed by atoms with Crippen molar-refractivity contribution in [1.82, 2.24) is 19.6 Å². The van der Waals surface area contributed by atoms with Crippen LogP contribution in [0.3, 0.4) is 0 Å². The molecule has 3 rings (SSSR count). The van der Waals surface area contributed by atoms with Crippen molar-refractivity contribution in [1.29, 1.82) is 5.41 Å². The van der Waals surface area contributed by atoms with Crippen molar-refractivity contribution in [2.45, 2.75) is 6.92 Å². The van der Waals surface area contributed by atoms with Crippen LogP contribution in [0.25, 0.3) is 5.78 Å². The molecule has 0 aliphatic heterocycles. The number of aromatic nitrogens is 4. The molecule has 1 aromatic carbocycles. The van der Waals surface area contributed by atoms with E-state index in [1.54, 1.807) is 4.52 Å². The summed E-state index contributed by atoms with van der Waals surface area (Å²) in [6.07, 6.45) is 1.48. The molecule has 2 heterocycles. The summed E-state index contributed by atoms with van der Waals surface area (Å²) in [5.74, 6) is 1.49. The molecular weight excluding hydrogens is 266 g/mol. The van der Waals surface area contributed by atoms with Crippen molar-refractivity contribution in [3.05, 3.63) is 47.9 Å². The van der Waals surface area contributed by atoms with E-state index in [0.29, 0.717) is 11.3 Å². The Kier molecular flexibility index (Phi) is 3.02. The lowest BCUT2D eigenvalue weighted by Crippen LogP contribution is -2.16. The van der Waals surface area contributed by atoms with Gasteiger partial charge in [0, 0.05) is 30.1 Å². The van der Waals surface area contributed by atoms with Gasteiger partial charge in [-0.2, -0.15) is 14.6 Å². The highest BCUT2D eigenvalue weighted by Gasteiger charge is 2.11. The second kappa shape index (κ2) is 4.86. The monoisotopic (exact) mass is 281 g/mol. The van der Waals surface area contributed by atoms with Gasteiger partial charge in [0.15, 0.2) is 0 Å². The van der Waals surface area contributed by atoms with Gasteiger partial charge in [0.05, 0.1) is 0 Å². The van der Waals surface area contributed by atoms with Crippen LogP contribution in [-0.2, 0) is 0 Å². The third-order valence-electron chi connectivity index (χ3n) is 3.27. The highest BCUT2D eigenvalue weighted by molar-refractivity contribution is 5.95. The highest BCUT2D eigenvalue weighted by Crippen LogP contribution is 2.24. The molecule has 0 aliphatic rings. The zero-order chi connectivity index (χ0) is 15.0. The van der Waals surface area contributed by atoms with Crippen molar-refractivity contribution >= 4 is 23.1 Å². The molecular formula is C14H15N7. The minimum absolute atomic E-state index is 0.0580. The van der Waals surface area contributed by atoms with Crippen molar-refractivity contribution in [2.75, 3.05) is 11.9 Å². The molecule has 2 aromatic heterocycles. The number of nitrogens with one attached hydrogen (secondary N) is 1. The number of nitrogens with two attached hydrogens (primary N) is 1. The van der Waals surface area contributed by atoms with Crippen molar-refractivity contribution < 1.29 is 0 Å². The predicted molar refractivity (Wildman–Crippen MR) is 81.0 cm³/mol. The van der Waals surface area contributed by atoms with Gasteiger partial charge >= 0.3 is 0 Å². The standard InChI is InChI=1S/C14H15N7/c1-9-7-12(21-14(19-9)17-8-18-21)20(2)11-5-3-10(4-6-11)13(15)16/h3-8H,1-2H3,(H3,15,16). The quantitative estimate of drug-likeness (QED) is 0.560. The van der Waals surface area contributed by atoms with Crippen LogP contribution in [0.4, 0.5) is 11.5 Å². The van der Waals surface area contributed by atoms with Crippen LogP contribution in [0, 0.1) is 12.3 Å². The fourth-order valence-corrected chi connectivity index (χ4v) is 2.15. The molecule has 0 fully saturated rings. The van der Waals surface area contributed by atoms with Crippen molar-refractivity contribution in [3.8, 4) is 0 Å². The van der Waals surface area contributed by atoms with Crippen LogP contribution in [-0.4, -0.2) is 32.5 Å². The van der Waals surface area contributed by atoms with E-state index in [-0.39, 0.29) is 5.84 Å². The van der Waals surface area contributed by atoms with Gasteiger partial charge in [0.2, 0.25) is 0 Å². The van der Waals surface area contributed by atoms with Crippen LogP contribution < -0.4 is 10.6 Å². The van der Waals surface area contributed by atoms with E-state index >= 15 is 0 Å². The molecule has 0 saturated heterocycles. The van der Waals surface area contributed by atoms with E-state index in [9.17, 15) is 0 Å². The number of fused-ring (bicyclic) bond motifs is 1. The number of aryl methyl sites for hydroxylation is 1. The lowest BCUT2D eigenvalue weighted by Gasteiger charge is -2.20. The zero-order valence-corrected chi connectivity index (χ0v) is 11.8. The fraction of sp³-hybridized carbons (Fsp3) is 0.143. The molecule has 3 N–H and O–H groups in total. The molecule has 7 heteroatoms. The maximum Gasteiger partial charge on any atom is 0.254 e. The van der Waals surface area contributed by atoms with Crippen LogP contribution in [0.5, 0.6) is 0 Å². The number of benzene rings is 1. The number of rotatable bonds is 3. The van der Waals surface area contributed by atoms with Crippen LogP contribution >= 0.6 is 0 Å². The summed E-state index contributed by atoms with van der Waals surface area (Å²) in [7, 11) is 1.94. The van der Waals surface area contributed by atoms with Gasteiger partial charge in [-0.25, -0.2) is 4.98 Å². The topological polar surface area (TPSA) is 96.2 Å². The normalized spacial score (nSPS) is 10.8. The van der Waals surface area contributed by atoms with E-state index in [4.69, 9.17) is 11.1 Å². The zero-order valence-electron chi connectivity index (χ0n) is 11.8. The Morgan fingerprint density at radius 3 is 2.67 bits per heavy atom. The summed E-state index contributed by atoms with van der Waals surface area (Å²) in [6.45, 7) is 1.92. The molecule has 0 bridgehead atoms. The van der Waals surface area contributed by atoms with Crippen LogP contribution in [0.2, 0.25) is 0 Å². The first-order chi connectivity index (χ1) is 10.1. The van der Waals surface area contributed by atoms with E-state index in [1.807, 2.05) is 49.2 Å². The molecule has 21 heavy (non-hydrogen) atoms. The smallest absolute Gasteiger partial charge is 0.254 e. The average Bonchev–Trinajstić information content (AvgIpc) is 2.93. The van der Waals surface area contributed by atoms with Crippen molar-refractivity contribution in [2.24, 2.45) is 5.73 Å². The Balaban J connectivity index is 2.05. The number of hydrogen-bond donors (Lipinski definition) is 2. The van der Waals surface area contributed by atoms with E-state index < -0.39 is 0 Å². The minimum atomic E-state index is 0.0580. The Morgan fingerprint density at radius 1 is 1.29 bits per heavy atom. The molecule has 0 saturated carbocycles. The van der Waals surface area contributed by atoms with Gasteiger partial charge in [-0.05, 0) is 31.2 Å². The van der Waals surface area contributed by atoms with Crippen LogP contribution in [0.1, 0.15) is 11.3 Å². The second-order valence-corrected chi connectivity index (χ2v) is 4.75. The molecule has 0 radical (unpaired) electrons. The minimum Gasteiger partial charge on any atom is -0.384 e. The highest BCUT2D eigenvalue weighted by atomic mass is 15.4. The lowest BCUT2D eigenvalue weighted by atomic mass is 10.2. The number of nitrogens with zero attached hydrogens (tertiary/aromatic N) is 5. The summed E-state index contributed by atoms with van der Waals surface area (Å²) >= 11 is 0. The third kappa shape index (κ3) is 2.29. The summed E-state index contributed by atoms with van der Waals surface area (Å²) < 4.78 is 1.69. The largest absolute Gasteiger partial charge is 0.384 e. The Morgan fingerprint density at radius 2 is 2.00 bits per heavy atom. The Labute approximate surface area is 121 Å². The summed E-state index contributed by atoms with van der Waals surface area (Å²) in [5.41, 5.74) is 8.00. The van der Waals surface area contributed by atoms with E-state index in [2.05, 4.69) is 15.1 Å². The number of hydrogen-bond acceptors (Lipinski definition) is 5. The van der Waals surface area contributed by atoms with Gasteiger partial charge in [-0.3, -0.25) is 5.41 Å². The predicted octanol–water partition coefficient (Wildman–Crippen LogP) is 1.48. The maximum absolute atomic E-state index is 7.43. The lowest BCUT2D eigenvalue weighted by molar-refractivity contribution is 0.903. The van der Waals surface area contributed by atoms with Gasteiger partial charge < -0.3 is 10.6 Å². The summed E-state index contributed by atoms with van der Waals surface area (Å²) in [4.78, 5) is 10.4. The average molecular weight is 281 g/mol. The van der Waals surface area contributed by atoms with E-state index in [1.165, 1.54) is 6.33 Å². The first-order valence-corrected chi connectivity index (χ1v) is 6.42. The fourth-order valence-electron chi connectivity index (χ4n) is 2.15. The molecule has 3 aromatic rings. The Hall–Kier alpha value is -2.96. The van der Waals surface area contributed by atoms with Gasteiger partial charge in [0.25, 0.3) is 5.78 Å². The van der Waals surface area contributed by atoms with E-state index in [0.717, 1.165) is 17.2 Å². The molecule has 0 aliphatic carbocycles. The Bertz CT molecular complexity index is 804. The third-order valence-corrected chi connectivity index (χ3v) is 3.27. The van der Waals surface area contributed by atoms with Gasteiger partial charge in [-0.15, -0.1) is 0 Å². The first kappa shape index (κ1) is 13.0. The second-order valence-electron chi connectivity index (χ2n) is 4.75. The molecule has 0 spiro atoms. The molecule has 106 valence electrons. The maximum atomic E-state index is 7.43. The summed E-state index contributed by atoms with van der Waals surface area (Å²) in [6, 6.07) is 9.41. The number of nitrogen functional groups attached to an aromatic ring is 1. The molecule has 0 atom stereocenters. The van der Waals surface area contributed by atoms with Crippen molar-refractivity contribution in [3.63, 3.8) is 0 Å². The molecule has 7 nitrogen and oxygen atoms in total. The summed E-state index contributed by atoms with van der Waals surface area (Å²) in [5, 5.41) is 11.6. The van der Waals surface area contributed by atoms with Gasteiger partial charge in [-0.1, -0.05) is 0 Å². The number of amidine groups is 1. The SMILES string of the molecule is Cc1cc(N(C)c2ccc(C(=N)N)cc2)n2ncnc2n1. The molecule has 0 amide bonds.